The second-order valence-corrected chi connectivity index (χ2v) is 6.75. The average Bonchev–Trinajstić information content (AvgIpc) is 3.20. The Morgan fingerprint density at radius 3 is 2.50 bits per heavy atom. The molecule has 0 aromatic heterocycles. The number of sulfonamides is 1. The van der Waals surface area contributed by atoms with E-state index in [0.29, 0.717) is 5.56 Å². The summed E-state index contributed by atoms with van der Waals surface area (Å²) in [6.45, 7) is 1.58. The fourth-order valence-corrected chi connectivity index (χ4v) is 3.65. The first-order valence-electron chi connectivity index (χ1n) is 6.02. The van der Waals surface area contributed by atoms with Crippen molar-refractivity contribution >= 4 is 21.4 Å². The Morgan fingerprint density at radius 1 is 1.45 bits per heavy atom. The highest BCUT2D eigenvalue weighted by Crippen LogP contribution is 2.35. The molecule has 1 fully saturated rings. The number of aryl methyl sites for hydroxylation is 1. The van der Waals surface area contributed by atoms with Crippen molar-refractivity contribution in [1.82, 2.24) is 4.31 Å². The van der Waals surface area contributed by atoms with Gasteiger partial charge in [0.1, 0.15) is 5.69 Å². The van der Waals surface area contributed by atoms with Gasteiger partial charge < -0.3 is 5.43 Å². The highest BCUT2D eigenvalue weighted by Gasteiger charge is 2.36. The van der Waals surface area contributed by atoms with E-state index in [2.05, 4.69) is 5.43 Å². The van der Waals surface area contributed by atoms with Crippen LogP contribution in [0, 0.1) is 17.0 Å². The summed E-state index contributed by atoms with van der Waals surface area (Å²) in [6.07, 6.45) is 1.64. The first-order valence-corrected chi connectivity index (χ1v) is 7.46. The number of nitro benzene ring substituents is 1. The van der Waals surface area contributed by atoms with Gasteiger partial charge in [-0.2, -0.15) is 4.31 Å². The van der Waals surface area contributed by atoms with Crippen LogP contribution in [0.5, 0.6) is 0 Å². The van der Waals surface area contributed by atoms with Crippen molar-refractivity contribution in [1.29, 1.82) is 0 Å². The molecule has 0 bridgehead atoms. The normalized spacial score (nSPS) is 15.4. The summed E-state index contributed by atoms with van der Waals surface area (Å²) in [4.78, 5) is 10.3. The summed E-state index contributed by atoms with van der Waals surface area (Å²) in [7, 11) is -2.23. The van der Waals surface area contributed by atoms with E-state index in [4.69, 9.17) is 5.84 Å². The maximum absolute atomic E-state index is 12.5. The molecule has 3 N–H and O–H groups in total. The Morgan fingerprint density at radius 2 is 2.05 bits per heavy atom. The molecule has 2 rings (SSSR count). The highest BCUT2D eigenvalue weighted by molar-refractivity contribution is 7.89. The molecule has 1 saturated carbocycles. The zero-order chi connectivity index (χ0) is 15.1. The summed E-state index contributed by atoms with van der Waals surface area (Å²) >= 11 is 0. The minimum absolute atomic E-state index is 0.00855. The summed E-state index contributed by atoms with van der Waals surface area (Å²) in [5, 5.41) is 11.0. The van der Waals surface area contributed by atoms with Crippen LogP contribution in [0.1, 0.15) is 18.4 Å². The fourth-order valence-electron chi connectivity index (χ4n) is 2.01. The van der Waals surface area contributed by atoms with Crippen LogP contribution < -0.4 is 11.3 Å². The van der Waals surface area contributed by atoms with Gasteiger partial charge in [0.15, 0.2) is 0 Å². The number of nitrogen functional groups attached to an aromatic ring is 1. The van der Waals surface area contributed by atoms with Crippen molar-refractivity contribution in [2.45, 2.75) is 30.7 Å². The van der Waals surface area contributed by atoms with E-state index < -0.39 is 14.9 Å². The molecule has 0 unspecified atom stereocenters. The molecule has 0 atom stereocenters. The summed E-state index contributed by atoms with van der Waals surface area (Å²) in [5.74, 6) is 5.22. The molecule has 0 amide bonds. The molecule has 20 heavy (non-hydrogen) atoms. The van der Waals surface area contributed by atoms with E-state index in [1.807, 2.05) is 0 Å². The number of hydrogen-bond acceptors (Lipinski definition) is 6. The van der Waals surface area contributed by atoms with Gasteiger partial charge >= 0.3 is 0 Å². The van der Waals surface area contributed by atoms with Crippen molar-refractivity contribution in [3.8, 4) is 0 Å². The Bertz CT molecular complexity index is 655. The minimum Gasteiger partial charge on any atom is -0.318 e. The molecule has 1 aromatic carbocycles. The third-order valence-electron chi connectivity index (χ3n) is 3.36. The minimum atomic E-state index is -3.73. The number of nitrogens with zero attached hydrogens (tertiary/aromatic N) is 2. The number of nitrogens with one attached hydrogen (secondary N) is 1. The Hall–Kier alpha value is -1.71. The van der Waals surface area contributed by atoms with Crippen LogP contribution in [0.15, 0.2) is 17.0 Å². The highest BCUT2D eigenvalue weighted by atomic mass is 32.2. The fraction of sp³-hybridized carbons (Fsp3) is 0.455. The van der Waals surface area contributed by atoms with Gasteiger partial charge in [-0.25, -0.2) is 8.42 Å². The van der Waals surface area contributed by atoms with Crippen molar-refractivity contribution < 1.29 is 13.3 Å². The summed E-state index contributed by atoms with van der Waals surface area (Å²) in [6, 6.07) is 2.41. The molecule has 1 aliphatic carbocycles. The molecular weight excluding hydrogens is 284 g/mol. The number of nitrogens with two attached hydrogens (primary N) is 1. The van der Waals surface area contributed by atoms with Crippen LogP contribution in [-0.2, 0) is 10.0 Å². The van der Waals surface area contributed by atoms with Crippen molar-refractivity contribution in [2.75, 3.05) is 12.5 Å². The summed E-state index contributed by atoms with van der Waals surface area (Å²) in [5.41, 5.74) is 2.35. The molecule has 1 aromatic rings. The van der Waals surface area contributed by atoms with Crippen LogP contribution in [-0.4, -0.2) is 30.7 Å². The third kappa shape index (κ3) is 2.47. The molecular formula is C11H16N4O4S. The van der Waals surface area contributed by atoms with Gasteiger partial charge in [-0.3, -0.25) is 16.0 Å². The van der Waals surface area contributed by atoms with Crippen LogP contribution in [0.2, 0.25) is 0 Å². The lowest BCUT2D eigenvalue weighted by Gasteiger charge is -2.18. The van der Waals surface area contributed by atoms with Gasteiger partial charge in [0.2, 0.25) is 10.0 Å². The van der Waals surface area contributed by atoms with E-state index in [0.717, 1.165) is 18.9 Å². The number of anilines is 1. The van der Waals surface area contributed by atoms with E-state index in [-0.39, 0.29) is 22.3 Å². The molecule has 8 nitrogen and oxygen atoms in total. The van der Waals surface area contributed by atoms with Gasteiger partial charge in [-0.05, 0) is 31.4 Å². The first kappa shape index (κ1) is 14.7. The lowest BCUT2D eigenvalue weighted by atomic mass is 10.2. The van der Waals surface area contributed by atoms with Crippen LogP contribution in [0.3, 0.4) is 0 Å². The average molecular weight is 300 g/mol. The topological polar surface area (TPSA) is 119 Å². The number of benzene rings is 1. The second-order valence-electron chi connectivity index (χ2n) is 4.79. The Balaban J connectivity index is 2.56. The van der Waals surface area contributed by atoms with Gasteiger partial charge in [0, 0.05) is 19.2 Å². The molecule has 0 saturated heterocycles. The second kappa shape index (κ2) is 5.00. The van der Waals surface area contributed by atoms with Crippen LogP contribution in [0.25, 0.3) is 0 Å². The number of hydrogen-bond donors (Lipinski definition) is 2. The first-order chi connectivity index (χ1) is 9.28. The van der Waals surface area contributed by atoms with Crippen molar-refractivity contribution in [3.05, 3.63) is 27.8 Å². The maximum atomic E-state index is 12.5. The predicted octanol–water partition coefficient (Wildman–Crippen LogP) is 0.972. The number of nitro groups is 1. The van der Waals surface area contributed by atoms with Crippen LogP contribution >= 0.6 is 0 Å². The lowest BCUT2D eigenvalue weighted by molar-refractivity contribution is -0.384. The molecule has 0 heterocycles. The smallest absolute Gasteiger partial charge is 0.295 e. The quantitative estimate of drug-likeness (QED) is 0.475. The number of hydrazine groups is 1. The molecule has 9 heteroatoms. The SMILES string of the molecule is Cc1cc(NN)c([N+](=O)[O-])cc1S(=O)(=O)N(C)C1CC1. The van der Waals surface area contributed by atoms with E-state index in [9.17, 15) is 18.5 Å². The van der Waals surface area contributed by atoms with E-state index >= 15 is 0 Å². The van der Waals surface area contributed by atoms with Crippen LogP contribution in [0.4, 0.5) is 11.4 Å². The molecule has 1 aliphatic rings. The molecule has 0 aliphatic heterocycles. The zero-order valence-corrected chi connectivity index (χ0v) is 12.0. The zero-order valence-electron chi connectivity index (χ0n) is 11.2. The van der Waals surface area contributed by atoms with Gasteiger partial charge in [0.25, 0.3) is 5.69 Å². The molecule has 0 radical (unpaired) electrons. The van der Waals surface area contributed by atoms with E-state index in [1.54, 1.807) is 6.92 Å². The van der Waals surface area contributed by atoms with Gasteiger partial charge in [-0.15, -0.1) is 0 Å². The monoisotopic (exact) mass is 300 g/mol. The number of rotatable bonds is 5. The van der Waals surface area contributed by atoms with Gasteiger partial charge in [-0.1, -0.05) is 0 Å². The van der Waals surface area contributed by atoms with Gasteiger partial charge in [0.05, 0.1) is 9.82 Å². The van der Waals surface area contributed by atoms with Crippen molar-refractivity contribution in [3.63, 3.8) is 0 Å². The largest absolute Gasteiger partial charge is 0.318 e. The maximum Gasteiger partial charge on any atom is 0.295 e. The Labute approximate surface area is 116 Å². The summed E-state index contributed by atoms with van der Waals surface area (Å²) < 4.78 is 26.2. The lowest BCUT2D eigenvalue weighted by Crippen LogP contribution is -2.29. The third-order valence-corrected chi connectivity index (χ3v) is 5.42. The predicted molar refractivity (Wildman–Crippen MR) is 73.6 cm³/mol. The molecule has 110 valence electrons. The Kier molecular flexibility index (Phi) is 3.67. The molecule has 0 spiro atoms. The van der Waals surface area contributed by atoms with E-state index in [1.165, 1.54) is 17.4 Å². The standard InChI is InChI=1S/C11H16N4O4S/c1-7-5-9(13-12)10(15(16)17)6-11(7)20(18,19)14(2)8-3-4-8/h5-6,8,13H,3-4,12H2,1-2H3. The van der Waals surface area contributed by atoms with Crippen molar-refractivity contribution in [2.24, 2.45) is 5.84 Å².